The van der Waals surface area contributed by atoms with Gasteiger partial charge >= 0.3 is 5.97 Å². The van der Waals surface area contributed by atoms with Gasteiger partial charge in [-0.25, -0.2) is 4.79 Å². The molecule has 112 valence electrons. The molecule has 0 spiro atoms. The minimum absolute atomic E-state index is 0.0145. The molecule has 0 saturated carbocycles. The van der Waals surface area contributed by atoms with Crippen molar-refractivity contribution < 1.29 is 14.6 Å². The molecule has 0 saturated heterocycles. The Bertz CT molecular complexity index is 692. The molecule has 0 unspecified atom stereocenters. The number of carbonyl (C=O) groups is 1. The van der Waals surface area contributed by atoms with Crippen LogP contribution in [0.3, 0.4) is 0 Å². The van der Waals surface area contributed by atoms with E-state index in [9.17, 15) is 4.79 Å². The Hall–Kier alpha value is -1.82. The van der Waals surface area contributed by atoms with Gasteiger partial charge in [0.1, 0.15) is 5.75 Å². The highest BCUT2D eigenvalue weighted by Crippen LogP contribution is 2.39. The van der Waals surface area contributed by atoms with E-state index in [-0.39, 0.29) is 11.6 Å². The lowest BCUT2D eigenvalue weighted by molar-refractivity contribution is 0.0689. The Morgan fingerprint density at radius 1 is 1.38 bits per heavy atom. The maximum Gasteiger partial charge on any atom is 0.356 e. The van der Waals surface area contributed by atoms with Gasteiger partial charge < -0.3 is 9.84 Å². The van der Waals surface area contributed by atoms with Gasteiger partial charge in [-0.1, -0.05) is 29.8 Å². The quantitative estimate of drug-likeness (QED) is 0.911. The zero-order valence-electron chi connectivity index (χ0n) is 12.3. The van der Waals surface area contributed by atoms with Crippen molar-refractivity contribution in [3.8, 4) is 17.0 Å². The van der Waals surface area contributed by atoms with Crippen LogP contribution in [0.5, 0.6) is 5.75 Å². The van der Waals surface area contributed by atoms with E-state index in [0.717, 1.165) is 21.3 Å². The third kappa shape index (κ3) is 2.95. The minimum atomic E-state index is -1.05. The number of halogens is 1. The zero-order valence-corrected chi connectivity index (χ0v) is 13.9. The van der Waals surface area contributed by atoms with E-state index in [0.29, 0.717) is 5.69 Å². The highest BCUT2D eigenvalue weighted by atomic mass is 79.9. The molecule has 2 aromatic rings. The number of benzene rings is 1. The Labute approximate surface area is 131 Å². The van der Waals surface area contributed by atoms with Gasteiger partial charge in [-0.15, -0.1) is 0 Å². The van der Waals surface area contributed by atoms with Gasteiger partial charge in [-0.05, 0) is 29.7 Å². The second-order valence-corrected chi connectivity index (χ2v) is 5.99. The van der Waals surface area contributed by atoms with Crippen LogP contribution in [0.4, 0.5) is 0 Å². The van der Waals surface area contributed by atoms with Crippen LogP contribution in [0, 0.1) is 0 Å². The summed E-state index contributed by atoms with van der Waals surface area (Å²) < 4.78 is 8.03. The molecule has 1 aromatic carbocycles. The summed E-state index contributed by atoms with van der Waals surface area (Å²) in [6.45, 7) is 4.17. The van der Waals surface area contributed by atoms with E-state index in [1.807, 2.05) is 12.1 Å². The molecule has 0 aliphatic carbocycles. The van der Waals surface area contributed by atoms with Crippen molar-refractivity contribution in [2.24, 2.45) is 7.05 Å². The average molecular weight is 353 g/mol. The summed E-state index contributed by atoms with van der Waals surface area (Å²) in [5, 5.41) is 13.1. The van der Waals surface area contributed by atoms with Crippen LogP contribution in [-0.2, 0) is 7.05 Å². The Kier molecular flexibility index (Phi) is 4.37. The number of hydrogen-bond donors (Lipinski definition) is 1. The van der Waals surface area contributed by atoms with Crippen molar-refractivity contribution >= 4 is 21.9 Å². The van der Waals surface area contributed by atoms with Crippen LogP contribution in [-0.4, -0.2) is 28.0 Å². The number of carboxylic acids is 1. The molecule has 1 heterocycles. The predicted molar refractivity (Wildman–Crippen MR) is 83.9 cm³/mol. The first kappa shape index (κ1) is 15.6. The Balaban J connectivity index is 2.71. The molecule has 0 bridgehead atoms. The number of aromatic nitrogens is 2. The smallest absolute Gasteiger partial charge is 0.356 e. The second-order valence-electron chi connectivity index (χ2n) is 5.07. The number of aryl methyl sites for hydroxylation is 1. The van der Waals surface area contributed by atoms with Crippen molar-refractivity contribution in [3.05, 3.63) is 33.9 Å². The Morgan fingerprint density at radius 3 is 2.52 bits per heavy atom. The maximum absolute atomic E-state index is 11.1. The average Bonchev–Trinajstić information content (AvgIpc) is 2.79. The van der Waals surface area contributed by atoms with Crippen LogP contribution in [0.25, 0.3) is 11.3 Å². The summed E-state index contributed by atoms with van der Waals surface area (Å²) in [5.41, 5.74) is 2.59. The van der Waals surface area contributed by atoms with Crippen LogP contribution in [0.1, 0.15) is 35.8 Å². The van der Waals surface area contributed by atoms with Crippen LogP contribution in [0.2, 0.25) is 0 Å². The van der Waals surface area contributed by atoms with Crippen molar-refractivity contribution in [1.82, 2.24) is 9.78 Å². The highest BCUT2D eigenvalue weighted by Gasteiger charge is 2.19. The molecule has 2 rings (SSSR count). The Morgan fingerprint density at radius 2 is 2.05 bits per heavy atom. The van der Waals surface area contributed by atoms with E-state index >= 15 is 0 Å². The largest absolute Gasteiger partial charge is 0.496 e. The predicted octanol–water partition coefficient (Wildman–Crippen LogP) is 3.68. The molecule has 0 aliphatic heterocycles. The molecule has 0 atom stereocenters. The van der Waals surface area contributed by atoms with Crippen LogP contribution >= 0.6 is 15.9 Å². The summed E-state index contributed by atoms with van der Waals surface area (Å²) in [6.07, 6.45) is 0. The van der Waals surface area contributed by atoms with Crippen molar-refractivity contribution in [2.45, 2.75) is 19.8 Å². The van der Waals surface area contributed by atoms with Gasteiger partial charge in [0.15, 0.2) is 5.69 Å². The lowest BCUT2D eigenvalue weighted by Crippen LogP contribution is -2.01. The standard InChI is InChI=1S/C15H17BrN2O3/c1-8(2)10-5-9(16)6-11(14(10)21-4)13-7-12(15(19)20)17-18(13)3/h5-8H,1-4H3,(H,19,20). The van der Waals surface area contributed by atoms with Crippen molar-refractivity contribution in [2.75, 3.05) is 7.11 Å². The molecular formula is C15H17BrN2O3. The first-order valence-electron chi connectivity index (χ1n) is 6.50. The fourth-order valence-electron chi connectivity index (χ4n) is 2.29. The van der Waals surface area contributed by atoms with E-state index < -0.39 is 5.97 Å². The fraction of sp³-hybridized carbons (Fsp3) is 0.333. The van der Waals surface area contributed by atoms with Gasteiger partial charge in [-0.3, -0.25) is 4.68 Å². The molecule has 5 nitrogen and oxygen atoms in total. The molecule has 1 N–H and O–H groups in total. The lowest BCUT2D eigenvalue weighted by atomic mass is 9.97. The molecule has 0 radical (unpaired) electrons. The number of carboxylic acid groups (broad SMARTS) is 1. The zero-order chi connectivity index (χ0) is 15.7. The summed E-state index contributed by atoms with van der Waals surface area (Å²) in [7, 11) is 3.34. The summed E-state index contributed by atoms with van der Waals surface area (Å²) in [6, 6.07) is 5.48. The number of ether oxygens (including phenoxy) is 1. The molecule has 0 fully saturated rings. The van der Waals surface area contributed by atoms with Gasteiger partial charge in [0.25, 0.3) is 0 Å². The molecule has 0 amide bonds. The number of methoxy groups -OCH3 is 1. The van der Waals surface area contributed by atoms with Crippen molar-refractivity contribution in [3.63, 3.8) is 0 Å². The van der Waals surface area contributed by atoms with E-state index in [2.05, 4.69) is 34.9 Å². The molecule has 6 heteroatoms. The maximum atomic E-state index is 11.1. The normalized spacial score (nSPS) is 11.0. The number of aromatic carboxylic acids is 1. The lowest BCUT2D eigenvalue weighted by Gasteiger charge is -2.17. The number of nitrogens with zero attached hydrogens (tertiary/aromatic N) is 2. The summed E-state index contributed by atoms with van der Waals surface area (Å²) in [4.78, 5) is 11.1. The minimum Gasteiger partial charge on any atom is -0.496 e. The van der Waals surface area contributed by atoms with E-state index in [1.54, 1.807) is 24.9 Å². The molecule has 0 aliphatic rings. The van der Waals surface area contributed by atoms with E-state index in [4.69, 9.17) is 9.84 Å². The third-order valence-electron chi connectivity index (χ3n) is 3.28. The van der Waals surface area contributed by atoms with Gasteiger partial charge in [-0.2, -0.15) is 5.10 Å². The molecule has 1 aromatic heterocycles. The van der Waals surface area contributed by atoms with Gasteiger partial charge in [0.2, 0.25) is 0 Å². The topological polar surface area (TPSA) is 64.3 Å². The summed E-state index contributed by atoms with van der Waals surface area (Å²) >= 11 is 3.50. The van der Waals surface area contributed by atoms with Gasteiger partial charge in [0, 0.05) is 17.1 Å². The van der Waals surface area contributed by atoms with Crippen LogP contribution < -0.4 is 4.74 Å². The second kappa shape index (κ2) is 5.89. The fourth-order valence-corrected chi connectivity index (χ4v) is 2.76. The first-order valence-corrected chi connectivity index (χ1v) is 7.29. The molecular weight excluding hydrogens is 336 g/mol. The first-order chi connectivity index (χ1) is 9.85. The number of hydrogen-bond acceptors (Lipinski definition) is 3. The monoisotopic (exact) mass is 352 g/mol. The number of rotatable bonds is 4. The third-order valence-corrected chi connectivity index (χ3v) is 3.74. The van der Waals surface area contributed by atoms with Gasteiger partial charge in [0.05, 0.1) is 12.8 Å². The molecule has 21 heavy (non-hydrogen) atoms. The van der Waals surface area contributed by atoms with E-state index in [1.165, 1.54) is 0 Å². The summed E-state index contributed by atoms with van der Waals surface area (Å²) in [5.74, 6) is -0.0218. The van der Waals surface area contributed by atoms with Crippen molar-refractivity contribution in [1.29, 1.82) is 0 Å². The van der Waals surface area contributed by atoms with Crippen LogP contribution in [0.15, 0.2) is 22.7 Å². The highest BCUT2D eigenvalue weighted by molar-refractivity contribution is 9.10. The SMILES string of the molecule is COc1c(-c2cc(C(=O)O)nn2C)cc(Br)cc1C(C)C.